The lowest BCUT2D eigenvalue weighted by Crippen LogP contribution is -2.32. The quantitative estimate of drug-likeness (QED) is 0.808. The highest BCUT2D eigenvalue weighted by Crippen LogP contribution is 2.25. The Bertz CT molecular complexity index is 329. The first-order valence-corrected chi connectivity index (χ1v) is 7.11. The molecule has 96 valence electrons. The van der Waals surface area contributed by atoms with Crippen LogP contribution in [0.4, 0.5) is 0 Å². The molecule has 1 heterocycles. The highest BCUT2D eigenvalue weighted by atomic mass is 35.5. The lowest BCUT2D eigenvalue weighted by Gasteiger charge is -2.23. The molecule has 3 heteroatoms. The predicted octanol–water partition coefficient (Wildman–Crippen LogP) is 4.38. The van der Waals surface area contributed by atoms with Crippen molar-refractivity contribution < 1.29 is 4.42 Å². The van der Waals surface area contributed by atoms with Crippen molar-refractivity contribution in [3.8, 4) is 0 Å². The third-order valence-corrected chi connectivity index (χ3v) is 4.04. The van der Waals surface area contributed by atoms with Crippen molar-refractivity contribution in [2.45, 2.75) is 58.0 Å². The first-order valence-electron chi connectivity index (χ1n) is 6.73. The molecule has 0 unspecified atom stereocenters. The molecule has 2 nitrogen and oxygen atoms in total. The second-order valence-electron chi connectivity index (χ2n) is 5.13. The molecular formula is C14H22ClNO. The Hall–Kier alpha value is -0.470. The average Bonchev–Trinajstić information content (AvgIpc) is 2.58. The van der Waals surface area contributed by atoms with Gasteiger partial charge in [0.25, 0.3) is 0 Å². The average molecular weight is 256 g/mol. The molecule has 1 atom stereocenters. The number of hydrogen-bond acceptors (Lipinski definition) is 2. The topological polar surface area (TPSA) is 25.2 Å². The zero-order valence-electron chi connectivity index (χ0n) is 10.5. The van der Waals surface area contributed by atoms with Gasteiger partial charge >= 0.3 is 0 Å². The van der Waals surface area contributed by atoms with Crippen molar-refractivity contribution in [2.24, 2.45) is 5.92 Å². The van der Waals surface area contributed by atoms with Crippen molar-refractivity contribution in [1.82, 2.24) is 5.32 Å². The number of halogens is 1. The third-order valence-electron chi connectivity index (χ3n) is 3.83. The Kier molecular flexibility index (Phi) is 4.93. The Morgan fingerprint density at radius 2 is 2.00 bits per heavy atom. The second-order valence-corrected chi connectivity index (χ2v) is 5.50. The summed E-state index contributed by atoms with van der Waals surface area (Å²) >= 11 is 5.75. The standard InChI is InChI=1S/C14H22ClNO/c1-11(12-6-4-2-3-5-7-12)16-10-13-8-9-14(15)17-13/h8-9,11-12,16H,2-7,10H2,1H3/t11-/m0/s1. The van der Waals surface area contributed by atoms with Crippen molar-refractivity contribution in [3.63, 3.8) is 0 Å². The predicted molar refractivity (Wildman–Crippen MR) is 71.2 cm³/mol. The zero-order chi connectivity index (χ0) is 12.1. The largest absolute Gasteiger partial charge is 0.448 e. The van der Waals surface area contributed by atoms with E-state index in [1.54, 1.807) is 6.07 Å². The van der Waals surface area contributed by atoms with E-state index >= 15 is 0 Å². The van der Waals surface area contributed by atoms with Crippen LogP contribution in [-0.2, 0) is 6.54 Å². The summed E-state index contributed by atoms with van der Waals surface area (Å²) in [5.41, 5.74) is 0. The summed E-state index contributed by atoms with van der Waals surface area (Å²) in [6, 6.07) is 4.31. The van der Waals surface area contributed by atoms with E-state index in [4.69, 9.17) is 16.0 Å². The van der Waals surface area contributed by atoms with Crippen molar-refractivity contribution in [1.29, 1.82) is 0 Å². The molecule has 1 aliphatic rings. The fourth-order valence-electron chi connectivity index (χ4n) is 2.69. The van der Waals surface area contributed by atoms with Crippen LogP contribution in [-0.4, -0.2) is 6.04 Å². The second kappa shape index (κ2) is 6.46. The van der Waals surface area contributed by atoms with Crippen LogP contribution in [0.5, 0.6) is 0 Å². The molecule has 0 amide bonds. The maximum absolute atomic E-state index is 5.75. The maximum atomic E-state index is 5.75. The summed E-state index contributed by atoms with van der Waals surface area (Å²) in [6.07, 6.45) is 8.35. The van der Waals surface area contributed by atoms with Crippen LogP contribution < -0.4 is 5.32 Å². The molecule has 0 aliphatic heterocycles. The highest BCUT2D eigenvalue weighted by Gasteiger charge is 2.18. The minimum absolute atomic E-state index is 0.476. The summed E-state index contributed by atoms with van der Waals surface area (Å²) < 4.78 is 5.35. The van der Waals surface area contributed by atoms with Gasteiger partial charge in [0.05, 0.1) is 6.54 Å². The van der Waals surface area contributed by atoms with Gasteiger partial charge in [0.2, 0.25) is 0 Å². The lowest BCUT2D eigenvalue weighted by atomic mass is 9.93. The van der Waals surface area contributed by atoms with E-state index in [0.717, 1.165) is 18.2 Å². The normalized spacial score (nSPS) is 20.1. The van der Waals surface area contributed by atoms with Crippen molar-refractivity contribution in [3.05, 3.63) is 23.1 Å². The minimum atomic E-state index is 0.476. The number of furan rings is 1. The van der Waals surface area contributed by atoms with Gasteiger partial charge < -0.3 is 9.73 Å². The van der Waals surface area contributed by atoms with Gasteiger partial charge in [-0.2, -0.15) is 0 Å². The highest BCUT2D eigenvalue weighted by molar-refractivity contribution is 6.28. The minimum Gasteiger partial charge on any atom is -0.448 e. The summed E-state index contributed by atoms with van der Waals surface area (Å²) in [5, 5.41) is 4.03. The molecular weight excluding hydrogens is 234 g/mol. The number of hydrogen-bond donors (Lipinski definition) is 1. The van der Waals surface area contributed by atoms with Crippen LogP contribution in [0.3, 0.4) is 0 Å². The molecule has 0 spiro atoms. The van der Waals surface area contributed by atoms with Gasteiger partial charge in [-0.05, 0) is 49.4 Å². The van der Waals surface area contributed by atoms with Gasteiger partial charge in [0.1, 0.15) is 5.76 Å². The maximum Gasteiger partial charge on any atom is 0.193 e. The smallest absolute Gasteiger partial charge is 0.193 e. The summed E-state index contributed by atoms with van der Waals surface area (Å²) in [4.78, 5) is 0. The van der Waals surface area contributed by atoms with Crippen LogP contribution in [0.15, 0.2) is 16.5 Å². The molecule has 17 heavy (non-hydrogen) atoms. The Morgan fingerprint density at radius 3 is 2.59 bits per heavy atom. The Labute approximate surface area is 109 Å². The molecule has 1 aromatic heterocycles. The van der Waals surface area contributed by atoms with E-state index in [9.17, 15) is 0 Å². The van der Waals surface area contributed by atoms with Crippen LogP contribution in [0.2, 0.25) is 5.22 Å². The van der Waals surface area contributed by atoms with Crippen LogP contribution in [0.25, 0.3) is 0 Å². The Balaban J connectivity index is 1.77. The molecule has 2 rings (SSSR count). The SMILES string of the molecule is C[C@H](NCc1ccc(Cl)o1)C1CCCCCC1. The van der Waals surface area contributed by atoms with E-state index in [1.165, 1.54) is 38.5 Å². The number of nitrogens with one attached hydrogen (secondary N) is 1. The van der Waals surface area contributed by atoms with Crippen molar-refractivity contribution in [2.75, 3.05) is 0 Å². The summed E-state index contributed by atoms with van der Waals surface area (Å²) in [7, 11) is 0. The molecule has 0 saturated heterocycles. The molecule has 1 N–H and O–H groups in total. The van der Waals surface area contributed by atoms with Crippen LogP contribution in [0, 0.1) is 5.92 Å². The molecule has 0 bridgehead atoms. The molecule has 1 aliphatic carbocycles. The lowest BCUT2D eigenvalue weighted by molar-refractivity contribution is 0.326. The zero-order valence-corrected chi connectivity index (χ0v) is 11.3. The molecule has 1 aromatic rings. The summed E-state index contributed by atoms with van der Waals surface area (Å²) in [6.45, 7) is 3.07. The number of rotatable bonds is 4. The van der Waals surface area contributed by atoms with E-state index in [1.807, 2.05) is 6.07 Å². The van der Waals surface area contributed by atoms with Crippen LogP contribution >= 0.6 is 11.6 Å². The first-order chi connectivity index (χ1) is 8.25. The monoisotopic (exact) mass is 255 g/mol. The molecule has 0 radical (unpaired) electrons. The Morgan fingerprint density at radius 1 is 1.29 bits per heavy atom. The van der Waals surface area contributed by atoms with Gasteiger partial charge in [-0.3, -0.25) is 0 Å². The van der Waals surface area contributed by atoms with Crippen molar-refractivity contribution >= 4 is 11.6 Å². The van der Waals surface area contributed by atoms with E-state index < -0.39 is 0 Å². The van der Waals surface area contributed by atoms with E-state index in [0.29, 0.717) is 11.3 Å². The molecule has 1 fully saturated rings. The van der Waals surface area contributed by atoms with Gasteiger partial charge in [-0.15, -0.1) is 0 Å². The van der Waals surface area contributed by atoms with E-state index in [2.05, 4.69) is 12.2 Å². The molecule has 0 aromatic carbocycles. The third kappa shape index (κ3) is 4.04. The van der Waals surface area contributed by atoms with Gasteiger partial charge in [0, 0.05) is 6.04 Å². The van der Waals surface area contributed by atoms with E-state index in [-0.39, 0.29) is 0 Å². The van der Waals surface area contributed by atoms with Gasteiger partial charge in [-0.1, -0.05) is 25.7 Å². The van der Waals surface area contributed by atoms with Gasteiger partial charge in [0.15, 0.2) is 5.22 Å². The first kappa shape index (κ1) is 13.0. The summed E-state index contributed by atoms with van der Waals surface area (Å²) in [5.74, 6) is 1.75. The molecule has 1 saturated carbocycles. The fourth-order valence-corrected chi connectivity index (χ4v) is 2.85. The fraction of sp³-hybridized carbons (Fsp3) is 0.714. The van der Waals surface area contributed by atoms with Crippen LogP contribution in [0.1, 0.15) is 51.2 Å². The van der Waals surface area contributed by atoms with Gasteiger partial charge in [-0.25, -0.2) is 0 Å².